The lowest BCUT2D eigenvalue weighted by Crippen LogP contribution is -2.64. The first-order valence-electron chi connectivity index (χ1n) is 14.3. The van der Waals surface area contributed by atoms with Crippen molar-refractivity contribution in [3.05, 3.63) is 89.2 Å². The largest absolute Gasteiger partial charge is 0.357 e. The van der Waals surface area contributed by atoms with Gasteiger partial charge in [0.1, 0.15) is 23.8 Å². The molecule has 1 N–H and O–H groups in total. The van der Waals surface area contributed by atoms with Gasteiger partial charge in [-0.05, 0) is 72.9 Å². The van der Waals surface area contributed by atoms with E-state index >= 15 is 0 Å². The van der Waals surface area contributed by atoms with Crippen LogP contribution in [-0.2, 0) is 26.3 Å². The van der Waals surface area contributed by atoms with Gasteiger partial charge in [-0.2, -0.15) is 5.26 Å². The molecule has 44 heavy (non-hydrogen) atoms. The molecule has 0 aromatic heterocycles. The Kier molecular flexibility index (Phi) is 7.22. The Morgan fingerprint density at radius 2 is 1.84 bits per heavy atom. The molecule has 1 saturated heterocycles. The summed E-state index contributed by atoms with van der Waals surface area (Å²) in [5.41, 5.74) is -0.914. The number of aryl methyl sites for hydroxylation is 1. The monoisotopic (exact) mass is 607 g/mol. The molecule has 2 heterocycles. The van der Waals surface area contributed by atoms with Crippen molar-refractivity contribution in [2.24, 2.45) is 0 Å². The smallest absolute Gasteiger partial charge is 0.252 e. The number of carbonyl (C=O) groups is 3. The Hall–Kier alpha value is -4.66. The lowest BCUT2D eigenvalue weighted by atomic mass is 9.83. The van der Waals surface area contributed by atoms with Crippen LogP contribution < -0.4 is 10.2 Å². The minimum Gasteiger partial charge on any atom is -0.357 e. The molecule has 2 aliphatic carbocycles. The number of hydrogen-bond acceptors (Lipinski definition) is 5. The SMILES string of the molecule is CN1C=CC(C#N)=CC1N1C(=O)CC[C@H]1C(=O)N(c1cccc(F)c1)[C@@]1(C(=O)NC2CC(F)(F)C2)CCc2ccc(F)cc21. The van der Waals surface area contributed by atoms with E-state index in [1.165, 1.54) is 35.2 Å². The van der Waals surface area contributed by atoms with E-state index in [1.807, 2.05) is 6.07 Å². The molecule has 8 nitrogen and oxygen atoms in total. The molecular weight excluding hydrogens is 578 g/mol. The molecule has 0 bridgehead atoms. The number of carbonyl (C=O) groups excluding carboxylic acids is 3. The van der Waals surface area contributed by atoms with Gasteiger partial charge in [0.25, 0.3) is 17.7 Å². The highest BCUT2D eigenvalue weighted by atomic mass is 19.3. The molecule has 2 fully saturated rings. The number of anilines is 1. The maximum absolute atomic E-state index is 14.9. The zero-order chi connectivity index (χ0) is 31.4. The molecular formula is C32H29F4N5O3. The number of nitrogens with zero attached hydrogens (tertiary/aromatic N) is 4. The van der Waals surface area contributed by atoms with E-state index in [-0.39, 0.29) is 48.4 Å². The summed E-state index contributed by atoms with van der Waals surface area (Å²) in [6.45, 7) is 0. The Morgan fingerprint density at radius 3 is 2.55 bits per heavy atom. The number of halogens is 4. The number of allylic oxidation sites excluding steroid dienone is 2. The molecule has 0 radical (unpaired) electrons. The van der Waals surface area contributed by atoms with Crippen LogP contribution in [0, 0.1) is 23.0 Å². The van der Waals surface area contributed by atoms with Crippen LogP contribution >= 0.6 is 0 Å². The lowest BCUT2D eigenvalue weighted by molar-refractivity contribution is -0.141. The lowest BCUT2D eigenvalue weighted by Gasteiger charge is -2.46. The van der Waals surface area contributed by atoms with Gasteiger partial charge in [-0.3, -0.25) is 19.3 Å². The summed E-state index contributed by atoms with van der Waals surface area (Å²) in [7, 11) is 1.68. The Bertz CT molecular complexity index is 1640. The first kappa shape index (κ1) is 29.4. The van der Waals surface area contributed by atoms with E-state index < -0.39 is 66.0 Å². The van der Waals surface area contributed by atoms with Gasteiger partial charge in [0.05, 0.1) is 11.6 Å². The number of alkyl halides is 2. The molecule has 6 rings (SSSR count). The number of rotatable bonds is 6. The van der Waals surface area contributed by atoms with Gasteiger partial charge in [-0.25, -0.2) is 17.6 Å². The van der Waals surface area contributed by atoms with Crippen LogP contribution in [0.3, 0.4) is 0 Å². The quantitative estimate of drug-likeness (QED) is 0.495. The summed E-state index contributed by atoms with van der Waals surface area (Å²) in [4.78, 5) is 46.7. The van der Waals surface area contributed by atoms with Crippen LogP contribution in [0.4, 0.5) is 23.2 Å². The van der Waals surface area contributed by atoms with Gasteiger partial charge < -0.3 is 15.1 Å². The minimum absolute atomic E-state index is 0.00124. The van der Waals surface area contributed by atoms with Gasteiger partial charge in [-0.1, -0.05) is 12.1 Å². The number of benzene rings is 2. The van der Waals surface area contributed by atoms with E-state index in [2.05, 4.69) is 5.32 Å². The number of fused-ring (bicyclic) bond motifs is 1. The molecule has 2 aliphatic heterocycles. The van der Waals surface area contributed by atoms with Crippen molar-refractivity contribution < 1.29 is 31.9 Å². The number of amides is 3. The molecule has 0 spiro atoms. The summed E-state index contributed by atoms with van der Waals surface area (Å²) in [5.74, 6) is -6.19. The zero-order valence-corrected chi connectivity index (χ0v) is 23.8. The fourth-order valence-corrected chi connectivity index (χ4v) is 6.79. The highest BCUT2D eigenvalue weighted by Gasteiger charge is 2.57. The second-order valence-electron chi connectivity index (χ2n) is 11.7. The molecule has 2 aromatic rings. The topological polar surface area (TPSA) is 96.8 Å². The van der Waals surface area contributed by atoms with E-state index in [0.29, 0.717) is 5.56 Å². The van der Waals surface area contributed by atoms with Crippen molar-refractivity contribution >= 4 is 23.4 Å². The average Bonchev–Trinajstić information content (AvgIpc) is 3.53. The first-order chi connectivity index (χ1) is 20.9. The van der Waals surface area contributed by atoms with Crippen molar-refractivity contribution in [3.8, 4) is 6.07 Å². The van der Waals surface area contributed by atoms with Crippen LogP contribution in [0.25, 0.3) is 0 Å². The number of nitriles is 1. The van der Waals surface area contributed by atoms with Crippen LogP contribution in [0.1, 0.15) is 43.2 Å². The molecule has 1 saturated carbocycles. The number of nitrogens with one attached hydrogen (secondary N) is 1. The standard InChI is InChI=1S/C32H29F4N5O3/c1-39-12-10-19(18-37)13-27(39)40-26(7-8-28(40)42)29(43)41(24-4-2-3-21(33)14-24)32(30(44)38-23-16-31(35,36)17-23)11-9-20-5-6-22(34)15-25(20)32/h2-6,10,12-15,23,26-27H,7-9,11,16-17H2,1H3,(H,38,44)/t26-,27?,32-/m0/s1. The number of likely N-dealkylation sites (N-methyl/N-ethyl adjacent to an activating group) is 1. The van der Waals surface area contributed by atoms with E-state index in [1.54, 1.807) is 30.3 Å². The average molecular weight is 608 g/mol. The van der Waals surface area contributed by atoms with Crippen LogP contribution in [0.15, 0.2) is 66.4 Å². The van der Waals surface area contributed by atoms with E-state index in [0.717, 1.165) is 17.0 Å². The fourth-order valence-electron chi connectivity index (χ4n) is 6.79. The van der Waals surface area contributed by atoms with E-state index in [9.17, 15) is 37.2 Å². The molecule has 2 aromatic carbocycles. The summed E-state index contributed by atoms with van der Waals surface area (Å²) in [5, 5.41) is 12.2. The summed E-state index contributed by atoms with van der Waals surface area (Å²) >= 11 is 0. The maximum atomic E-state index is 14.9. The predicted molar refractivity (Wildman–Crippen MR) is 151 cm³/mol. The van der Waals surface area contributed by atoms with Crippen molar-refractivity contribution in [2.75, 3.05) is 11.9 Å². The van der Waals surface area contributed by atoms with Gasteiger partial charge in [0.2, 0.25) is 5.91 Å². The third kappa shape index (κ3) is 4.90. The normalized spacial score (nSPS) is 25.6. The van der Waals surface area contributed by atoms with Gasteiger partial charge >= 0.3 is 0 Å². The maximum Gasteiger partial charge on any atom is 0.252 e. The molecule has 228 valence electrons. The Labute approximate surface area is 251 Å². The van der Waals surface area contributed by atoms with Crippen molar-refractivity contribution in [2.45, 2.75) is 68.2 Å². The zero-order valence-electron chi connectivity index (χ0n) is 23.8. The minimum atomic E-state index is -2.94. The third-order valence-electron chi connectivity index (χ3n) is 8.93. The Morgan fingerprint density at radius 1 is 1.09 bits per heavy atom. The van der Waals surface area contributed by atoms with Gasteiger partial charge in [-0.15, -0.1) is 0 Å². The fraction of sp³-hybridized carbons (Fsp3) is 0.375. The molecule has 3 atom stereocenters. The predicted octanol–water partition coefficient (Wildman–Crippen LogP) is 4.28. The summed E-state index contributed by atoms with van der Waals surface area (Å²) in [6.07, 6.45) is 3.04. The highest BCUT2D eigenvalue weighted by Crippen LogP contribution is 2.47. The molecule has 3 amide bonds. The third-order valence-corrected chi connectivity index (χ3v) is 8.93. The second kappa shape index (κ2) is 10.8. The van der Waals surface area contributed by atoms with Crippen molar-refractivity contribution in [1.82, 2.24) is 15.1 Å². The summed E-state index contributed by atoms with van der Waals surface area (Å²) < 4.78 is 57.1. The molecule has 4 aliphatic rings. The first-order valence-corrected chi connectivity index (χ1v) is 14.3. The number of hydrogen-bond donors (Lipinski definition) is 1. The van der Waals surface area contributed by atoms with Crippen LogP contribution in [-0.4, -0.2) is 58.7 Å². The number of likely N-dealkylation sites (tertiary alicyclic amines) is 1. The Balaban J connectivity index is 1.49. The highest BCUT2D eigenvalue weighted by molar-refractivity contribution is 6.08. The molecule has 12 heteroatoms. The van der Waals surface area contributed by atoms with Crippen molar-refractivity contribution in [1.29, 1.82) is 5.26 Å². The van der Waals surface area contributed by atoms with E-state index in [4.69, 9.17) is 0 Å². The van der Waals surface area contributed by atoms with Crippen LogP contribution in [0.2, 0.25) is 0 Å². The van der Waals surface area contributed by atoms with Gasteiger partial charge in [0, 0.05) is 44.2 Å². The summed E-state index contributed by atoms with van der Waals surface area (Å²) in [6, 6.07) is 8.96. The molecule has 1 unspecified atom stereocenters. The van der Waals surface area contributed by atoms with Crippen molar-refractivity contribution in [3.63, 3.8) is 0 Å². The second-order valence-corrected chi connectivity index (χ2v) is 11.7. The van der Waals surface area contributed by atoms with Crippen LogP contribution in [0.5, 0.6) is 0 Å². The van der Waals surface area contributed by atoms with Gasteiger partial charge in [0.15, 0.2) is 5.54 Å².